The molecule has 1 unspecified atom stereocenters. The minimum absolute atomic E-state index is 0.0690. The second kappa shape index (κ2) is 7.88. The van der Waals surface area contributed by atoms with Crippen LogP contribution in [0.2, 0.25) is 0 Å². The van der Waals surface area contributed by atoms with Crippen molar-refractivity contribution in [2.24, 2.45) is 5.92 Å². The van der Waals surface area contributed by atoms with Crippen molar-refractivity contribution in [1.29, 1.82) is 0 Å². The Morgan fingerprint density at radius 2 is 1.95 bits per heavy atom. The molecule has 0 aliphatic rings. The molecular weight excluding hydrogens is 301 g/mol. The van der Waals surface area contributed by atoms with Gasteiger partial charge in [-0.15, -0.1) is 13.2 Å². The Balaban J connectivity index is 2.75. The van der Waals surface area contributed by atoms with Crippen LogP contribution in [0.3, 0.4) is 0 Å². The number of aliphatic hydroxyl groups excluding tert-OH is 1. The molecule has 0 saturated carbocycles. The third-order valence-corrected chi connectivity index (χ3v) is 2.92. The van der Waals surface area contributed by atoms with Crippen molar-refractivity contribution in [3.8, 4) is 5.75 Å². The Bertz CT molecular complexity index is 492. The van der Waals surface area contributed by atoms with Crippen LogP contribution in [0.15, 0.2) is 24.3 Å². The second-order valence-electron chi connectivity index (χ2n) is 5.01. The van der Waals surface area contributed by atoms with E-state index in [9.17, 15) is 18.0 Å². The standard InChI is InChI=1S/C14H19F3N2O3/c1-9(2)10(7-8-20)18-13(21)19-11-5-3-4-6-12(11)22-14(15,16)17/h3-6,9-10,20H,7-8H2,1-2H3,(H2,18,19,21). The van der Waals surface area contributed by atoms with E-state index in [2.05, 4.69) is 15.4 Å². The number of urea groups is 1. The molecule has 124 valence electrons. The Hall–Kier alpha value is -1.96. The highest BCUT2D eigenvalue weighted by Crippen LogP contribution is 2.29. The van der Waals surface area contributed by atoms with Gasteiger partial charge in [-0.25, -0.2) is 4.79 Å². The molecule has 0 bridgehead atoms. The van der Waals surface area contributed by atoms with Crippen molar-refractivity contribution < 1.29 is 27.8 Å². The van der Waals surface area contributed by atoms with Gasteiger partial charge in [0.05, 0.1) is 5.69 Å². The highest BCUT2D eigenvalue weighted by atomic mass is 19.4. The van der Waals surface area contributed by atoms with Gasteiger partial charge >= 0.3 is 12.4 Å². The largest absolute Gasteiger partial charge is 0.573 e. The maximum atomic E-state index is 12.3. The molecule has 0 fully saturated rings. The third-order valence-electron chi connectivity index (χ3n) is 2.92. The monoisotopic (exact) mass is 320 g/mol. The van der Waals surface area contributed by atoms with Crippen molar-refractivity contribution in [2.45, 2.75) is 32.7 Å². The molecule has 1 rings (SSSR count). The molecule has 0 aliphatic carbocycles. The first-order valence-corrected chi connectivity index (χ1v) is 6.76. The number of carbonyl (C=O) groups is 1. The maximum Gasteiger partial charge on any atom is 0.573 e. The van der Waals surface area contributed by atoms with Gasteiger partial charge in [-0.05, 0) is 24.5 Å². The van der Waals surface area contributed by atoms with Crippen LogP contribution in [0.4, 0.5) is 23.7 Å². The molecule has 8 heteroatoms. The number of rotatable bonds is 6. The topological polar surface area (TPSA) is 70.6 Å². The van der Waals surface area contributed by atoms with Gasteiger partial charge in [0.2, 0.25) is 0 Å². The molecule has 0 heterocycles. The summed E-state index contributed by atoms with van der Waals surface area (Å²) in [5, 5.41) is 13.9. The quantitative estimate of drug-likeness (QED) is 0.754. The Morgan fingerprint density at radius 1 is 1.32 bits per heavy atom. The molecule has 1 aromatic carbocycles. The Labute approximate surface area is 126 Å². The number of alkyl halides is 3. The van der Waals surface area contributed by atoms with Crippen molar-refractivity contribution in [2.75, 3.05) is 11.9 Å². The smallest absolute Gasteiger partial charge is 0.404 e. The number of aliphatic hydroxyl groups is 1. The number of ether oxygens (including phenoxy) is 1. The summed E-state index contributed by atoms with van der Waals surface area (Å²) in [4.78, 5) is 11.9. The first-order valence-electron chi connectivity index (χ1n) is 6.76. The molecule has 0 saturated heterocycles. The summed E-state index contributed by atoms with van der Waals surface area (Å²) >= 11 is 0. The third kappa shape index (κ3) is 6.21. The van der Waals surface area contributed by atoms with Crippen LogP contribution in [0, 0.1) is 5.92 Å². The van der Waals surface area contributed by atoms with E-state index < -0.39 is 18.1 Å². The molecule has 0 radical (unpaired) electrons. The number of benzene rings is 1. The van der Waals surface area contributed by atoms with Gasteiger partial charge in [-0.3, -0.25) is 0 Å². The summed E-state index contributed by atoms with van der Waals surface area (Å²) in [5.74, 6) is -0.423. The van der Waals surface area contributed by atoms with Gasteiger partial charge in [0.1, 0.15) is 0 Å². The summed E-state index contributed by atoms with van der Waals surface area (Å²) in [7, 11) is 0. The van der Waals surface area contributed by atoms with E-state index in [0.717, 1.165) is 6.07 Å². The molecule has 0 aliphatic heterocycles. The lowest BCUT2D eigenvalue weighted by atomic mass is 10.0. The average Bonchev–Trinajstić information content (AvgIpc) is 2.38. The number of nitrogens with one attached hydrogen (secondary N) is 2. The number of para-hydroxylation sites is 2. The van der Waals surface area contributed by atoms with Crippen LogP contribution in [0.5, 0.6) is 5.75 Å². The lowest BCUT2D eigenvalue weighted by molar-refractivity contribution is -0.274. The molecule has 3 N–H and O–H groups in total. The highest BCUT2D eigenvalue weighted by Gasteiger charge is 2.32. The number of anilines is 1. The number of hydrogen-bond acceptors (Lipinski definition) is 3. The van der Waals surface area contributed by atoms with Crippen molar-refractivity contribution in [1.82, 2.24) is 5.32 Å². The summed E-state index contributed by atoms with van der Waals surface area (Å²) in [6.45, 7) is 3.62. The molecule has 0 aromatic heterocycles. The minimum atomic E-state index is -4.84. The fourth-order valence-electron chi connectivity index (χ4n) is 1.82. The summed E-state index contributed by atoms with van der Waals surface area (Å²) < 4.78 is 40.7. The lowest BCUT2D eigenvalue weighted by Crippen LogP contribution is -2.41. The first kappa shape index (κ1) is 18.1. The minimum Gasteiger partial charge on any atom is -0.404 e. The van der Waals surface area contributed by atoms with E-state index in [1.165, 1.54) is 18.2 Å². The van der Waals surface area contributed by atoms with Crippen molar-refractivity contribution >= 4 is 11.7 Å². The zero-order chi connectivity index (χ0) is 16.8. The molecule has 0 spiro atoms. The van der Waals surface area contributed by atoms with Crippen LogP contribution in [-0.4, -0.2) is 30.1 Å². The number of hydrogen-bond donors (Lipinski definition) is 3. The van der Waals surface area contributed by atoms with Gasteiger partial charge in [0.25, 0.3) is 0 Å². The van der Waals surface area contributed by atoms with Gasteiger partial charge in [0, 0.05) is 12.6 Å². The molecule has 1 atom stereocenters. The number of halogens is 3. The summed E-state index contributed by atoms with van der Waals surface area (Å²) in [6.07, 6.45) is -4.49. The van der Waals surface area contributed by atoms with Gasteiger partial charge in [-0.2, -0.15) is 0 Å². The van der Waals surface area contributed by atoms with Crippen molar-refractivity contribution in [3.63, 3.8) is 0 Å². The molecule has 22 heavy (non-hydrogen) atoms. The maximum absolute atomic E-state index is 12.3. The predicted octanol–water partition coefficient (Wildman–Crippen LogP) is 3.11. The molecule has 2 amide bonds. The van der Waals surface area contributed by atoms with E-state index in [4.69, 9.17) is 5.11 Å². The van der Waals surface area contributed by atoms with E-state index in [1.807, 2.05) is 13.8 Å². The van der Waals surface area contributed by atoms with Crippen LogP contribution >= 0.6 is 0 Å². The number of amides is 2. The van der Waals surface area contributed by atoms with Crippen LogP contribution in [0.25, 0.3) is 0 Å². The van der Waals surface area contributed by atoms with Gasteiger partial charge < -0.3 is 20.5 Å². The average molecular weight is 320 g/mol. The zero-order valence-corrected chi connectivity index (χ0v) is 12.3. The second-order valence-corrected chi connectivity index (χ2v) is 5.01. The lowest BCUT2D eigenvalue weighted by Gasteiger charge is -2.22. The fraction of sp³-hybridized carbons (Fsp3) is 0.500. The van der Waals surface area contributed by atoms with Crippen LogP contribution in [-0.2, 0) is 0 Å². The first-order chi connectivity index (χ1) is 10.2. The highest BCUT2D eigenvalue weighted by molar-refractivity contribution is 5.91. The molecule has 1 aromatic rings. The van der Waals surface area contributed by atoms with Crippen LogP contribution in [0.1, 0.15) is 20.3 Å². The normalized spacial score (nSPS) is 12.9. The fourth-order valence-corrected chi connectivity index (χ4v) is 1.82. The Morgan fingerprint density at radius 3 is 2.50 bits per heavy atom. The van der Waals surface area contributed by atoms with E-state index in [-0.39, 0.29) is 24.3 Å². The number of carbonyl (C=O) groups excluding carboxylic acids is 1. The van der Waals surface area contributed by atoms with E-state index in [0.29, 0.717) is 6.42 Å². The van der Waals surface area contributed by atoms with Crippen molar-refractivity contribution in [3.05, 3.63) is 24.3 Å². The van der Waals surface area contributed by atoms with Crippen LogP contribution < -0.4 is 15.4 Å². The summed E-state index contributed by atoms with van der Waals surface area (Å²) in [5.41, 5.74) is -0.0937. The zero-order valence-electron chi connectivity index (χ0n) is 12.3. The van der Waals surface area contributed by atoms with Gasteiger partial charge in [-0.1, -0.05) is 26.0 Å². The van der Waals surface area contributed by atoms with E-state index in [1.54, 1.807) is 0 Å². The van der Waals surface area contributed by atoms with Gasteiger partial charge in [0.15, 0.2) is 5.75 Å². The molecular formula is C14H19F3N2O3. The Kier molecular flexibility index (Phi) is 6.48. The SMILES string of the molecule is CC(C)C(CCO)NC(=O)Nc1ccccc1OC(F)(F)F. The van der Waals surface area contributed by atoms with E-state index >= 15 is 0 Å². The molecule has 5 nitrogen and oxygen atoms in total. The predicted molar refractivity (Wildman–Crippen MR) is 75.6 cm³/mol. The summed E-state index contributed by atoms with van der Waals surface area (Å²) in [6, 6.07) is 4.30.